The van der Waals surface area contributed by atoms with Gasteiger partial charge >= 0.3 is 0 Å². The molecule has 1 heterocycles. The van der Waals surface area contributed by atoms with Crippen molar-refractivity contribution < 1.29 is 4.79 Å². The monoisotopic (exact) mass is 382 g/mol. The molecule has 26 heavy (non-hydrogen) atoms. The van der Waals surface area contributed by atoms with Gasteiger partial charge in [0.15, 0.2) is 5.13 Å². The van der Waals surface area contributed by atoms with E-state index in [9.17, 15) is 4.79 Å². The molecule has 0 N–H and O–H groups in total. The molecule has 0 saturated carbocycles. The van der Waals surface area contributed by atoms with Crippen LogP contribution in [0, 0.1) is 20.8 Å². The predicted molar refractivity (Wildman–Crippen MR) is 112 cm³/mol. The Morgan fingerprint density at radius 1 is 1.12 bits per heavy atom. The van der Waals surface area contributed by atoms with E-state index in [1.54, 1.807) is 23.6 Å². The maximum Gasteiger partial charge on any atom is 0.230 e. The van der Waals surface area contributed by atoms with Gasteiger partial charge in [-0.3, -0.25) is 9.69 Å². The number of hydrogen-bond acceptors (Lipinski definition) is 4. The van der Waals surface area contributed by atoms with E-state index in [4.69, 9.17) is 4.98 Å². The molecule has 0 saturated heterocycles. The first-order chi connectivity index (χ1) is 12.5. The number of amides is 1. The van der Waals surface area contributed by atoms with Gasteiger partial charge in [-0.2, -0.15) is 0 Å². The van der Waals surface area contributed by atoms with Crippen LogP contribution < -0.4 is 4.90 Å². The van der Waals surface area contributed by atoms with Gasteiger partial charge in [-0.25, -0.2) is 4.98 Å². The van der Waals surface area contributed by atoms with Gasteiger partial charge in [0.2, 0.25) is 5.91 Å². The van der Waals surface area contributed by atoms with Crippen molar-refractivity contribution in [3.8, 4) is 0 Å². The van der Waals surface area contributed by atoms with Gasteiger partial charge < -0.3 is 0 Å². The van der Waals surface area contributed by atoms with E-state index in [2.05, 4.69) is 31.2 Å². The minimum absolute atomic E-state index is 0.0170. The zero-order valence-electron chi connectivity index (χ0n) is 15.4. The summed E-state index contributed by atoms with van der Waals surface area (Å²) in [6.07, 6.45) is 0. The van der Waals surface area contributed by atoms with Crippen LogP contribution in [0.1, 0.15) is 29.3 Å². The van der Waals surface area contributed by atoms with Gasteiger partial charge in [-0.1, -0.05) is 35.9 Å². The van der Waals surface area contributed by atoms with Crippen molar-refractivity contribution in [2.45, 2.75) is 38.3 Å². The molecule has 0 atom stereocenters. The second-order valence-electron chi connectivity index (χ2n) is 6.32. The number of rotatable bonds is 5. The van der Waals surface area contributed by atoms with Crippen LogP contribution in [-0.2, 0) is 10.5 Å². The summed E-state index contributed by atoms with van der Waals surface area (Å²) >= 11 is 3.27. The van der Waals surface area contributed by atoms with Crippen molar-refractivity contribution in [2.75, 3.05) is 4.90 Å². The second-order valence-corrected chi connectivity index (χ2v) is 8.21. The Balaban J connectivity index is 1.86. The number of carbonyl (C=O) groups is 1. The molecule has 1 aromatic heterocycles. The number of thioether (sulfide) groups is 1. The van der Waals surface area contributed by atoms with Gasteiger partial charge in [0.25, 0.3) is 0 Å². The largest absolute Gasteiger partial charge is 0.274 e. The third kappa shape index (κ3) is 4.17. The molecule has 3 nitrogen and oxygen atoms in total. The van der Waals surface area contributed by atoms with E-state index >= 15 is 0 Å². The Kier molecular flexibility index (Phi) is 5.79. The van der Waals surface area contributed by atoms with Gasteiger partial charge in [-0.05, 0) is 44.0 Å². The number of thiazole rings is 1. The Bertz CT molecular complexity index is 896. The van der Waals surface area contributed by atoms with Crippen LogP contribution in [0.3, 0.4) is 0 Å². The number of nitrogens with zero attached hydrogens (tertiary/aromatic N) is 2. The van der Waals surface area contributed by atoms with Crippen LogP contribution in [0.2, 0.25) is 0 Å². The Morgan fingerprint density at radius 3 is 2.38 bits per heavy atom. The first-order valence-electron chi connectivity index (χ1n) is 8.46. The predicted octanol–water partition coefficient (Wildman–Crippen LogP) is 6.05. The summed E-state index contributed by atoms with van der Waals surface area (Å²) in [4.78, 5) is 20.1. The topological polar surface area (TPSA) is 33.2 Å². The molecule has 3 rings (SSSR count). The number of benzene rings is 2. The van der Waals surface area contributed by atoms with Crippen LogP contribution in [0.25, 0.3) is 0 Å². The molecule has 0 radical (unpaired) electrons. The zero-order chi connectivity index (χ0) is 18.7. The van der Waals surface area contributed by atoms with E-state index < -0.39 is 0 Å². The molecule has 0 fully saturated rings. The van der Waals surface area contributed by atoms with Crippen LogP contribution >= 0.6 is 23.1 Å². The molecule has 0 spiro atoms. The molecule has 2 aromatic carbocycles. The van der Waals surface area contributed by atoms with Crippen LogP contribution in [-0.4, -0.2) is 10.9 Å². The van der Waals surface area contributed by atoms with E-state index in [0.717, 1.165) is 33.4 Å². The first-order valence-corrected chi connectivity index (χ1v) is 10.3. The lowest BCUT2D eigenvalue weighted by Crippen LogP contribution is -2.24. The summed E-state index contributed by atoms with van der Waals surface area (Å²) in [5.41, 5.74) is 5.32. The van der Waals surface area contributed by atoms with Crippen LogP contribution in [0.4, 0.5) is 10.8 Å². The molecule has 0 aliphatic carbocycles. The van der Waals surface area contributed by atoms with Crippen molar-refractivity contribution in [3.63, 3.8) is 0 Å². The van der Waals surface area contributed by atoms with Gasteiger partial charge in [0.05, 0.1) is 11.4 Å². The molecule has 134 valence electrons. The molecule has 3 aromatic rings. The summed E-state index contributed by atoms with van der Waals surface area (Å²) < 4.78 is 0. The fourth-order valence-electron chi connectivity index (χ4n) is 3.05. The lowest BCUT2D eigenvalue weighted by atomic mass is 10.0. The highest BCUT2D eigenvalue weighted by Gasteiger charge is 2.21. The molecule has 1 amide bonds. The molecule has 0 unspecified atom stereocenters. The van der Waals surface area contributed by atoms with Crippen molar-refractivity contribution in [2.24, 2.45) is 0 Å². The average Bonchev–Trinajstić information content (AvgIpc) is 3.05. The number of anilines is 2. The van der Waals surface area contributed by atoms with Gasteiger partial charge in [-0.15, -0.1) is 23.1 Å². The summed E-state index contributed by atoms with van der Waals surface area (Å²) in [5, 5.41) is 2.77. The fraction of sp³-hybridized carbons (Fsp3) is 0.238. The number of aryl methyl sites for hydroxylation is 3. The number of aromatic nitrogens is 1. The Labute approximate surface area is 163 Å². The summed E-state index contributed by atoms with van der Waals surface area (Å²) in [6, 6.07) is 14.5. The highest BCUT2D eigenvalue weighted by Crippen LogP contribution is 2.35. The third-order valence-corrected chi connectivity index (χ3v) is 5.95. The standard InChI is InChI=1S/C21H22N2OS2/c1-14-10-15(2)20(16(3)11-14)23(17(4)24)21-22-18(13-26-21)12-25-19-8-6-5-7-9-19/h5-11,13H,12H2,1-4H3. The molecular weight excluding hydrogens is 360 g/mol. The van der Waals surface area contributed by atoms with Crippen molar-refractivity contribution >= 4 is 39.8 Å². The Hall–Kier alpha value is -2.11. The molecule has 0 aliphatic heterocycles. The lowest BCUT2D eigenvalue weighted by molar-refractivity contribution is -0.115. The van der Waals surface area contributed by atoms with Crippen LogP contribution in [0.15, 0.2) is 52.7 Å². The quantitative estimate of drug-likeness (QED) is 0.504. The molecule has 0 bridgehead atoms. The van der Waals surface area contributed by atoms with E-state index in [1.165, 1.54) is 21.8 Å². The number of hydrogen-bond donors (Lipinski definition) is 0. The zero-order valence-corrected chi connectivity index (χ0v) is 17.1. The summed E-state index contributed by atoms with van der Waals surface area (Å²) in [7, 11) is 0. The fourth-order valence-corrected chi connectivity index (χ4v) is 4.84. The smallest absolute Gasteiger partial charge is 0.230 e. The number of carbonyl (C=O) groups excluding carboxylic acids is 1. The SMILES string of the molecule is CC(=O)N(c1nc(CSc2ccccc2)cs1)c1c(C)cc(C)cc1C. The first kappa shape index (κ1) is 18.7. The molecule has 5 heteroatoms. The normalized spacial score (nSPS) is 10.8. The van der Waals surface area contributed by atoms with E-state index in [1.807, 2.05) is 37.4 Å². The minimum Gasteiger partial charge on any atom is -0.274 e. The average molecular weight is 383 g/mol. The third-order valence-electron chi connectivity index (χ3n) is 4.03. The highest BCUT2D eigenvalue weighted by atomic mass is 32.2. The van der Waals surface area contributed by atoms with Gasteiger partial charge in [0, 0.05) is 23.0 Å². The van der Waals surface area contributed by atoms with Crippen molar-refractivity contribution in [3.05, 3.63) is 70.2 Å². The van der Waals surface area contributed by atoms with E-state index in [-0.39, 0.29) is 5.91 Å². The van der Waals surface area contributed by atoms with Crippen molar-refractivity contribution in [1.82, 2.24) is 4.98 Å². The van der Waals surface area contributed by atoms with Crippen molar-refractivity contribution in [1.29, 1.82) is 0 Å². The summed E-state index contributed by atoms with van der Waals surface area (Å²) in [6.45, 7) is 7.76. The summed E-state index contributed by atoms with van der Waals surface area (Å²) in [5.74, 6) is 0.773. The maximum atomic E-state index is 12.4. The van der Waals surface area contributed by atoms with Gasteiger partial charge in [0.1, 0.15) is 0 Å². The second kappa shape index (κ2) is 8.06. The molecular formula is C21H22N2OS2. The van der Waals surface area contributed by atoms with E-state index in [0.29, 0.717) is 0 Å². The highest BCUT2D eigenvalue weighted by molar-refractivity contribution is 7.98. The Morgan fingerprint density at radius 2 is 1.77 bits per heavy atom. The maximum absolute atomic E-state index is 12.4. The minimum atomic E-state index is -0.0170. The lowest BCUT2D eigenvalue weighted by Gasteiger charge is -2.23. The van der Waals surface area contributed by atoms with Crippen LogP contribution in [0.5, 0.6) is 0 Å². The molecule has 0 aliphatic rings.